The number of carbonyl (C=O) groups excluding carboxylic acids is 3. The minimum absolute atomic E-state index is 0.0461. The van der Waals surface area contributed by atoms with Crippen molar-refractivity contribution in [3.63, 3.8) is 0 Å². The van der Waals surface area contributed by atoms with Gasteiger partial charge in [-0.2, -0.15) is 0 Å². The van der Waals surface area contributed by atoms with Crippen molar-refractivity contribution in [2.45, 2.75) is 33.7 Å². The molecular weight excluding hydrogens is 326 g/mol. The van der Waals surface area contributed by atoms with E-state index in [9.17, 15) is 14.4 Å². The molecule has 1 aromatic rings. The van der Waals surface area contributed by atoms with Crippen LogP contribution in [0.5, 0.6) is 0 Å². The number of hydrogen-bond acceptors (Lipinski definition) is 4. The number of nitrogens with one attached hydrogen (secondary N) is 1. The third-order valence-corrected chi connectivity index (χ3v) is 4.96. The predicted molar refractivity (Wildman–Crippen MR) is 95.7 cm³/mol. The van der Waals surface area contributed by atoms with Gasteiger partial charge in [0.05, 0.1) is 5.88 Å². The summed E-state index contributed by atoms with van der Waals surface area (Å²) in [6.07, 6.45) is 0. The number of anilines is 1. The number of nitrogens with two attached hydrogens (primary N) is 1. The molecule has 3 N–H and O–H groups in total. The molecule has 24 heavy (non-hydrogen) atoms. The van der Waals surface area contributed by atoms with Gasteiger partial charge >= 0.3 is 0 Å². The zero-order valence-corrected chi connectivity index (χ0v) is 15.2. The molecule has 0 aromatic heterocycles. The molecule has 1 aliphatic heterocycles. The molecule has 0 bridgehead atoms. The van der Waals surface area contributed by atoms with Crippen molar-refractivity contribution in [1.82, 2.24) is 4.90 Å². The first-order valence-corrected chi connectivity index (χ1v) is 8.87. The van der Waals surface area contributed by atoms with E-state index in [1.807, 2.05) is 20.8 Å². The summed E-state index contributed by atoms with van der Waals surface area (Å²) >= 11 is 1.56. The van der Waals surface area contributed by atoms with Crippen molar-refractivity contribution in [3.8, 4) is 0 Å². The maximum absolute atomic E-state index is 12.7. The molecule has 6 nitrogen and oxygen atoms in total. The van der Waals surface area contributed by atoms with Crippen LogP contribution in [0.25, 0.3) is 0 Å². The second-order valence-corrected chi connectivity index (χ2v) is 7.87. The van der Waals surface area contributed by atoms with Gasteiger partial charge in [-0.1, -0.05) is 26.8 Å². The zero-order chi connectivity index (χ0) is 18.1. The van der Waals surface area contributed by atoms with Crippen LogP contribution in [0.15, 0.2) is 18.2 Å². The largest absolute Gasteiger partial charge is 0.366 e. The molecule has 1 saturated heterocycles. The van der Waals surface area contributed by atoms with Gasteiger partial charge in [0.25, 0.3) is 0 Å². The van der Waals surface area contributed by atoms with Crippen LogP contribution in [0, 0.1) is 12.3 Å². The van der Waals surface area contributed by atoms with Crippen LogP contribution in [0.1, 0.15) is 36.7 Å². The first-order valence-electron chi connectivity index (χ1n) is 7.72. The Morgan fingerprint density at radius 1 is 1.29 bits per heavy atom. The summed E-state index contributed by atoms with van der Waals surface area (Å²) in [6, 6.07) is 4.49. The fourth-order valence-corrected chi connectivity index (χ4v) is 3.70. The van der Waals surface area contributed by atoms with Gasteiger partial charge in [0.2, 0.25) is 17.7 Å². The minimum atomic E-state index is -0.537. The van der Waals surface area contributed by atoms with Crippen molar-refractivity contribution in [2.75, 3.05) is 16.9 Å². The van der Waals surface area contributed by atoms with Crippen molar-refractivity contribution >= 4 is 35.2 Å². The topological polar surface area (TPSA) is 92.5 Å². The average molecular weight is 349 g/mol. The van der Waals surface area contributed by atoms with Gasteiger partial charge in [-0.15, -0.1) is 11.8 Å². The molecule has 0 saturated carbocycles. The summed E-state index contributed by atoms with van der Waals surface area (Å²) in [6.45, 7) is 7.26. The quantitative estimate of drug-likeness (QED) is 0.873. The molecule has 0 spiro atoms. The zero-order valence-electron chi connectivity index (χ0n) is 14.4. The Kier molecular flexibility index (Phi) is 5.22. The van der Waals surface area contributed by atoms with Crippen molar-refractivity contribution in [1.29, 1.82) is 0 Å². The Labute approximate surface area is 146 Å². The lowest BCUT2D eigenvalue weighted by Gasteiger charge is -2.29. The lowest BCUT2D eigenvalue weighted by molar-refractivity contribution is -0.143. The molecule has 7 heteroatoms. The number of carbonyl (C=O) groups is 3. The van der Waals surface area contributed by atoms with E-state index in [0.29, 0.717) is 28.4 Å². The van der Waals surface area contributed by atoms with E-state index in [1.54, 1.807) is 41.8 Å². The molecule has 1 heterocycles. The number of benzene rings is 1. The van der Waals surface area contributed by atoms with Crippen LogP contribution in [0.4, 0.5) is 5.69 Å². The van der Waals surface area contributed by atoms with Crippen LogP contribution < -0.4 is 11.1 Å². The maximum atomic E-state index is 12.7. The maximum Gasteiger partial charge on any atom is 0.249 e. The van der Waals surface area contributed by atoms with Gasteiger partial charge in [-0.3, -0.25) is 14.4 Å². The van der Waals surface area contributed by atoms with Crippen LogP contribution in [0.3, 0.4) is 0 Å². The van der Waals surface area contributed by atoms with Crippen LogP contribution in [0.2, 0.25) is 0 Å². The number of primary amides is 1. The first kappa shape index (κ1) is 18.3. The summed E-state index contributed by atoms with van der Waals surface area (Å²) in [5.74, 6) is 0.235. The van der Waals surface area contributed by atoms with Gasteiger partial charge in [0.15, 0.2) is 0 Å². The third-order valence-electron chi connectivity index (χ3n) is 3.94. The van der Waals surface area contributed by atoms with Gasteiger partial charge in [0.1, 0.15) is 6.04 Å². The number of amides is 3. The molecule has 0 aliphatic carbocycles. The third kappa shape index (κ3) is 3.72. The second-order valence-electron chi connectivity index (χ2n) is 6.87. The molecule has 3 amide bonds. The van der Waals surface area contributed by atoms with Crippen molar-refractivity contribution in [3.05, 3.63) is 29.3 Å². The van der Waals surface area contributed by atoms with Crippen LogP contribution >= 0.6 is 11.8 Å². The van der Waals surface area contributed by atoms with E-state index < -0.39 is 17.4 Å². The van der Waals surface area contributed by atoms with Crippen LogP contribution in [-0.4, -0.2) is 40.3 Å². The van der Waals surface area contributed by atoms with Gasteiger partial charge in [-0.25, -0.2) is 0 Å². The van der Waals surface area contributed by atoms with Crippen LogP contribution in [-0.2, 0) is 9.59 Å². The van der Waals surface area contributed by atoms with E-state index in [1.165, 1.54) is 0 Å². The number of rotatable bonds is 3. The Morgan fingerprint density at radius 3 is 2.54 bits per heavy atom. The van der Waals surface area contributed by atoms with E-state index in [2.05, 4.69) is 5.32 Å². The van der Waals surface area contributed by atoms with Gasteiger partial charge < -0.3 is 16.0 Å². The van der Waals surface area contributed by atoms with Gasteiger partial charge in [-0.05, 0) is 24.6 Å². The highest BCUT2D eigenvalue weighted by Crippen LogP contribution is 2.28. The fraction of sp³-hybridized carbons (Fsp3) is 0.471. The molecule has 0 radical (unpaired) electrons. The summed E-state index contributed by atoms with van der Waals surface area (Å²) < 4.78 is 0. The Balaban J connectivity index is 2.19. The summed E-state index contributed by atoms with van der Waals surface area (Å²) in [5.41, 5.74) is 6.33. The highest BCUT2D eigenvalue weighted by molar-refractivity contribution is 7.99. The number of nitrogens with zero attached hydrogens (tertiary/aromatic N) is 1. The summed E-state index contributed by atoms with van der Waals surface area (Å²) in [4.78, 5) is 38.2. The predicted octanol–water partition coefficient (Wildman–Crippen LogP) is 1.98. The minimum Gasteiger partial charge on any atom is -0.366 e. The monoisotopic (exact) mass is 349 g/mol. The molecule has 1 aliphatic rings. The smallest absolute Gasteiger partial charge is 0.249 e. The number of hydrogen-bond donors (Lipinski definition) is 2. The van der Waals surface area contributed by atoms with E-state index in [0.717, 1.165) is 0 Å². The van der Waals surface area contributed by atoms with E-state index >= 15 is 0 Å². The molecule has 1 aromatic carbocycles. The molecule has 130 valence electrons. The standard InChI is InChI=1S/C17H23N3O3S/c1-10-11(14(18)21)6-5-7-12(10)19-15(22)13-8-24-9-20(13)16(23)17(2,3)4/h5-7,13H,8-9H2,1-4H3,(H2,18,21)(H,19,22)/t13-/m0/s1. The van der Waals surface area contributed by atoms with Gasteiger partial charge in [0, 0.05) is 22.4 Å². The lowest BCUT2D eigenvalue weighted by Crippen LogP contribution is -2.48. The second kappa shape index (κ2) is 6.84. The Morgan fingerprint density at radius 2 is 1.96 bits per heavy atom. The Hall–Kier alpha value is -2.02. The molecule has 1 fully saturated rings. The molecule has 0 unspecified atom stereocenters. The van der Waals surface area contributed by atoms with Crippen molar-refractivity contribution < 1.29 is 14.4 Å². The molecule has 1 atom stereocenters. The first-order chi connectivity index (χ1) is 11.1. The lowest BCUT2D eigenvalue weighted by atomic mass is 9.94. The fourth-order valence-electron chi connectivity index (χ4n) is 2.54. The highest BCUT2D eigenvalue weighted by Gasteiger charge is 2.39. The van der Waals surface area contributed by atoms with E-state index in [-0.39, 0.29) is 11.8 Å². The van der Waals surface area contributed by atoms with E-state index in [4.69, 9.17) is 5.73 Å². The molecular formula is C17H23N3O3S. The summed E-state index contributed by atoms with van der Waals surface area (Å²) in [7, 11) is 0. The van der Waals surface area contributed by atoms with Crippen molar-refractivity contribution in [2.24, 2.45) is 11.1 Å². The molecule has 2 rings (SSSR count). The Bertz CT molecular complexity index is 682. The number of thioether (sulfide) groups is 1. The summed E-state index contributed by atoms with van der Waals surface area (Å²) in [5, 5.41) is 2.83. The SMILES string of the molecule is Cc1c(NC(=O)[C@@H]2CSCN2C(=O)C(C)(C)C)cccc1C(N)=O. The normalized spacial score (nSPS) is 17.7. The highest BCUT2D eigenvalue weighted by atomic mass is 32.2. The average Bonchev–Trinajstić information content (AvgIpc) is 2.96.